The van der Waals surface area contributed by atoms with Crippen LogP contribution in [0.3, 0.4) is 0 Å². The second kappa shape index (κ2) is 8.31. The molecule has 2 atom stereocenters. The van der Waals surface area contributed by atoms with Crippen molar-refractivity contribution in [2.75, 3.05) is 7.05 Å². The van der Waals surface area contributed by atoms with E-state index in [-0.39, 0.29) is 5.91 Å². The van der Waals surface area contributed by atoms with Crippen LogP contribution >= 0.6 is 0 Å². The van der Waals surface area contributed by atoms with Crippen LogP contribution in [0.2, 0.25) is 0 Å². The molecule has 3 heterocycles. The molecule has 0 saturated carbocycles. The number of carbonyl (C=O) groups excluding carboxylic acids is 1. The average molecular weight is 395 g/mol. The first kappa shape index (κ1) is 20.1. The Morgan fingerprint density at radius 1 is 1.14 bits per heavy atom. The van der Waals surface area contributed by atoms with Crippen LogP contribution in [0.1, 0.15) is 60.2 Å². The SMILES string of the molecule is Cc1ccc(Cn2nc(C)c(CCC(=O)N(C)C3CC4CCC(C3)N4)c2C)cc1. The fraction of sp³-hybridized carbons (Fsp3) is 0.583. The second-order valence-electron chi connectivity index (χ2n) is 9.06. The number of carbonyl (C=O) groups is 1. The molecule has 1 aromatic carbocycles. The molecule has 2 aliphatic rings. The molecule has 29 heavy (non-hydrogen) atoms. The van der Waals surface area contributed by atoms with Crippen LogP contribution in [0.15, 0.2) is 24.3 Å². The van der Waals surface area contributed by atoms with Gasteiger partial charge in [-0.05, 0) is 64.0 Å². The standard InChI is InChI=1S/C24H34N4O/c1-16-5-7-19(8-6-16)15-28-18(3)23(17(2)26-28)11-12-24(29)27(4)22-13-20-9-10-21(14-22)25-20/h5-8,20-22,25H,9-15H2,1-4H3. The summed E-state index contributed by atoms with van der Waals surface area (Å²) in [5.41, 5.74) is 5.98. The lowest BCUT2D eigenvalue weighted by molar-refractivity contribution is -0.132. The third-order valence-corrected chi connectivity index (χ3v) is 6.96. The van der Waals surface area contributed by atoms with Crippen molar-refractivity contribution >= 4 is 5.91 Å². The summed E-state index contributed by atoms with van der Waals surface area (Å²) in [6.45, 7) is 7.07. The fourth-order valence-corrected chi connectivity index (χ4v) is 5.07. The predicted molar refractivity (Wildman–Crippen MR) is 116 cm³/mol. The number of benzene rings is 1. The quantitative estimate of drug-likeness (QED) is 0.815. The zero-order chi connectivity index (χ0) is 20.5. The smallest absolute Gasteiger partial charge is 0.222 e. The van der Waals surface area contributed by atoms with Crippen LogP contribution in [0.4, 0.5) is 0 Å². The minimum atomic E-state index is 0.265. The second-order valence-corrected chi connectivity index (χ2v) is 9.06. The number of piperidine rings is 1. The summed E-state index contributed by atoms with van der Waals surface area (Å²) in [5, 5.41) is 8.42. The Kier molecular flexibility index (Phi) is 5.77. The average Bonchev–Trinajstić information content (AvgIpc) is 3.18. The van der Waals surface area contributed by atoms with E-state index in [9.17, 15) is 4.79 Å². The third kappa shape index (κ3) is 4.40. The summed E-state index contributed by atoms with van der Waals surface area (Å²) in [5.74, 6) is 0.265. The Labute approximate surface area is 174 Å². The lowest BCUT2D eigenvalue weighted by Gasteiger charge is -2.35. The molecular formula is C24H34N4O. The van der Waals surface area contributed by atoms with Crippen LogP contribution in [-0.2, 0) is 17.8 Å². The number of nitrogens with one attached hydrogen (secondary N) is 1. The van der Waals surface area contributed by atoms with Crippen molar-refractivity contribution in [1.29, 1.82) is 0 Å². The zero-order valence-corrected chi connectivity index (χ0v) is 18.2. The van der Waals surface area contributed by atoms with Gasteiger partial charge in [-0.2, -0.15) is 5.10 Å². The van der Waals surface area contributed by atoms with E-state index in [0.29, 0.717) is 24.5 Å². The van der Waals surface area contributed by atoms with Crippen molar-refractivity contribution < 1.29 is 4.79 Å². The van der Waals surface area contributed by atoms with E-state index in [4.69, 9.17) is 5.10 Å². The van der Waals surface area contributed by atoms with E-state index in [1.807, 2.05) is 11.9 Å². The first-order chi connectivity index (χ1) is 13.9. The van der Waals surface area contributed by atoms with Crippen LogP contribution < -0.4 is 5.32 Å². The minimum absolute atomic E-state index is 0.265. The van der Waals surface area contributed by atoms with Crippen molar-refractivity contribution in [1.82, 2.24) is 20.0 Å². The van der Waals surface area contributed by atoms with Gasteiger partial charge >= 0.3 is 0 Å². The molecule has 2 saturated heterocycles. The first-order valence-corrected chi connectivity index (χ1v) is 11.0. The van der Waals surface area contributed by atoms with Gasteiger partial charge in [0.25, 0.3) is 0 Å². The monoisotopic (exact) mass is 394 g/mol. The highest BCUT2D eigenvalue weighted by molar-refractivity contribution is 5.76. The Hall–Kier alpha value is -2.14. The molecule has 156 valence electrons. The molecule has 0 aliphatic carbocycles. The van der Waals surface area contributed by atoms with E-state index in [2.05, 4.69) is 55.0 Å². The molecule has 2 bridgehead atoms. The van der Waals surface area contributed by atoms with Crippen molar-refractivity contribution in [2.24, 2.45) is 0 Å². The molecule has 2 unspecified atom stereocenters. The number of aryl methyl sites for hydroxylation is 2. The fourth-order valence-electron chi connectivity index (χ4n) is 5.07. The molecule has 2 aromatic rings. The van der Waals surface area contributed by atoms with E-state index < -0.39 is 0 Å². The highest BCUT2D eigenvalue weighted by atomic mass is 16.2. The van der Waals surface area contributed by atoms with Crippen LogP contribution in [0, 0.1) is 20.8 Å². The van der Waals surface area contributed by atoms with Gasteiger partial charge in [-0.1, -0.05) is 29.8 Å². The van der Waals surface area contributed by atoms with Gasteiger partial charge in [0.1, 0.15) is 0 Å². The summed E-state index contributed by atoms with van der Waals surface area (Å²) >= 11 is 0. The lowest BCUT2D eigenvalue weighted by Crippen LogP contribution is -2.48. The lowest BCUT2D eigenvalue weighted by atomic mass is 9.98. The number of amides is 1. The maximum atomic E-state index is 12.9. The summed E-state index contributed by atoms with van der Waals surface area (Å²) in [6, 6.07) is 10.2. The highest BCUT2D eigenvalue weighted by Crippen LogP contribution is 2.29. The maximum absolute atomic E-state index is 12.9. The zero-order valence-electron chi connectivity index (χ0n) is 18.2. The topological polar surface area (TPSA) is 50.2 Å². The summed E-state index contributed by atoms with van der Waals surface area (Å²) in [4.78, 5) is 14.9. The normalized spacial score (nSPS) is 23.4. The van der Waals surface area contributed by atoms with Gasteiger partial charge in [-0.3, -0.25) is 9.48 Å². The van der Waals surface area contributed by atoms with Crippen molar-refractivity contribution in [3.05, 3.63) is 52.3 Å². The Morgan fingerprint density at radius 2 is 1.79 bits per heavy atom. The minimum Gasteiger partial charge on any atom is -0.343 e. The van der Waals surface area contributed by atoms with Gasteiger partial charge in [0.2, 0.25) is 5.91 Å². The van der Waals surface area contributed by atoms with Gasteiger partial charge in [0, 0.05) is 37.3 Å². The number of aromatic nitrogens is 2. The van der Waals surface area contributed by atoms with Crippen molar-refractivity contribution in [3.8, 4) is 0 Å². The Bertz CT molecular complexity index is 858. The van der Waals surface area contributed by atoms with E-state index in [0.717, 1.165) is 31.5 Å². The first-order valence-electron chi connectivity index (χ1n) is 11.0. The molecule has 4 rings (SSSR count). The molecular weight excluding hydrogens is 360 g/mol. The van der Waals surface area contributed by atoms with Crippen molar-refractivity contribution in [3.63, 3.8) is 0 Å². The Balaban J connectivity index is 1.37. The largest absolute Gasteiger partial charge is 0.343 e. The molecule has 5 nitrogen and oxygen atoms in total. The van der Waals surface area contributed by atoms with Crippen molar-refractivity contribution in [2.45, 2.75) is 84.0 Å². The van der Waals surface area contributed by atoms with Crippen LogP contribution in [-0.4, -0.2) is 45.8 Å². The molecule has 0 spiro atoms. The molecule has 2 fully saturated rings. The van der Waals surface area contributed by atoms with Crippen LogP contribution in [0.5, 0.6) is 0 Å². The highest BCUT2D eigenvalue weighted by Gasteiger charge is 2.36. The van der Waals surface area contributed by atoms with Gasteiger partial charge in [0.15, 0.2) is 0 Å². The molecule has 1 aromatic heterocycles. The van der Waals surface area contributed by atoms with E-state index >= 15 is 0 Å². The molecule has 2 aliphatic heterocycles. The molecule has 1 amide bonds. The summed E-state index contributed by atoms with van der Waals surface area (Å²) < 4.78 is 2.08. The molecule has 1 N–H and O–H groups in total. The van der Waals surface area contributed by atoms with Gasteiger partial charge in [-0.25, -0.2) is 0 Å². The van der Waals surface area contributed by atoms with E-state index in [1.165, 1.54) is 35.2 Å². The number of rotatable bonds is 6. The molecule has 5 heteroatoms. The number of hydrogen-bond donors (Lipinski definition) is 1. The third-order valence-electron chi connectivity index (χ3n) is 6.96. The van der Waals surface area contributed by atoms with Gasteiger partial charge < -0.3 is 10.2 Å². The summed E-state index contributed by atoms with van der Waals surface area (Å²) in [6.07, 6.45) is 6.07. The Morgan fingerprint density at radius 3 is 2.45 bits per heavy atom. The number of fused-ring (bicyclic) bond motifs is 2. The van der Waals surface area contributed by atoms with Gasteiger partial charge in [0.05, 0.1) is 12.2 Å². The van der Waals surface area contributed by atoms with Crippen LogP contribution in [0.25, 0.3) is 0 Å². The predicted octanol–water partition coefficient (Wildman–Crippen LogP) is 3.53. The number of nitrogens with zero attached hydrogens (tertiary/aromatic N) is 3. The number of hydrogen-bond acceptors (Lipinski definition) is 3. The van der Waals surface area contributed by atoms with Gasteiger partial charge in [-0.15, -0.1) is 0 Å². The van der Waals surface area contributed by atoms with E-state index in [1.54, 1.807) is 0 Å². The maximum Gasteiger partial charge on any atom is 0.222 e. The molecule has 0 radical (unpaired) electrons. The summed E-state index contributed by atoms with van der Waals surface area (Å²) in [7, 11) is 2.00.